The summed E-state index contributed by atoms with van der Waals surface area (Å²) < 4.78 is 2.41. The van der Waals surface area contributed by atoms with Crippen LogP contribution in [0.3, 0.4) is 0 Å². The van der Waals surface area contributed by atoms with E-state index in [9.17, 15) is 0 Å². The van der Waals surface area contributed by atoms with Gasteiger partial charge in [-0.2, -0.15) is 0 Å². The molecule has 0 spiro atoms. The minimum atomic E-state index is 0.632. The summed E-state index contributed by atoms with van der Waals surface area (Å²) in [5.41, 5.74) is 11.0. The zero-order valence-electron chi connectivity index (χ0n) is 30.9. The van der Waals surface area contributed by atoms with Crippen LogP contribution in [0.1, 0.15) is 0 Å². The van der Waals surface area contributed by atoms with Crippen molar-refractivity contribution in [1.29, 1.82) is 0 Å². The fourth-order valence-corrected chi connectivity index (χ4v) is 8.17. The summed E-state index contributed by atoms with van der Waals surface area (Å²) in [6, 6.07) is 72.9. The zero-order valence-corrected chi connectivity index (χ0v) is 30.9. The van der Waals surface area contributed by atoms with Gasteiger partial charge in [0.15, 0.2) is 17.5 Å². The number of nitrogens with zero attached hydrogens (tertiary/aromatic N) is 4. The van der Waals surface area contributed by atoms with E-state index in [-0.39, 0.29) is 0 Å². The molecule has 11 rings (SSSR count). The Bertz CT molecular complexity index is 3280. The summed E-state index contributed by atoms with van der Waals surface area (Å²) in [7, 11) is 0. The Morgan fingerprint density at radius 1 is 0.281 bits per heavy atom. The first-order valence-corrected chi connectivity index (χ1v) is 19.3. The maximum absolute atomic E-state index is 5.10. The second-order valence-electron chi connectivity index (χ2n) is 14.5. The van der Waals surface area contributed by atoms with Crippen molar-refractivity contribution in [2.24, 2.45) is 0 Å². The van der Waals surface area contributed by atoms with E-state index < -0.39 is 0 Å². The molecule has 0 aliphatic rings. The Kier molecular flexibility index (Phi) is 7.78. The van der Waals surface area contributed by atoms with Crippen LogP contribution in [0.5, 0.6) is 0 Å². The molecule has 0 fully saturated rings. The Morgan fingerprint density at radius 3 is 1.51 bits per heavy atom. The van der Waals surface area contributed by atoms with Gasteiger partial charge in [-0.3, -0.25) is 0 Å². The number of fused-ring (bicyclic) bond motifs is 5. The van der Waals surface area contributed by atoms with Crippen LogP contribution in [0, 0.1) is 0 Å². The van der Waals surface area contributed by atoms with Crippen molar-refractivity contribution in [2.45, 2.75) is 0 Å². The standard InChI is InChI=1S/C53H34N4/c1-3-13-35(14-4-1)41-27-28-43-32-44(30-29-42(43)31-41)53-55-51(37-15-5-2-6-16-37)54-52(56-53)38-25-23-36(24-26-38)45-19-9-11-21-48(45)57-49-22-12-10-20-46(49)47-33-39-17-7-8-18-40(39)34-50(47)57/h1-34H. The van der Waals surface area contributed by atoms with Gasteiger partial charge in [-0.15, -0.1) is 0 Å². The minimum Gasteiger partial charge on any atom is -0.309 e. The van der Waals surface area contributed by atoms with Gasteiger partial charge < -0.3 is 4.57 Å². The van der Waals surface area contributed by atoms with Crippen LogP contribution >= 0.6 is 0 Å². The molecule has 11 aromatic rings. The Balaban J connectivity index is 1.00. The summed E-state index contributed by atoms with van der Waals surface area (Å²) in [6.45, 7) is 0. The molecule has 0 saturated heterocycles. The van der Waals surface area contributed by atoms with Gasteiger partial charge >= 0.3 is 0 Å². The predicted molar refractivity (Wildman–Crippen MR) is 236 cm³/mol. The van der Waals surface area contributed by atoms with Gasteiger partial charge in [-0.25, -0.2) is 15.0 Å². The second-order valence-corrected chi connectivity index (χ2v) is 14.5. The van der Waals surface area contributed by atoms with E-state index in [0.717, 1.165) is 38.9 Å². The summed E-state index contributed by atoms with van der Waals surface area (Å²) in [4.78, 5) is 15.2. The fraction of sp³-hybridized carbons (Fsp3) is 0. The topological polar surface area (TPSA) is 43.6 Å². The number of aromatic nitrogens is 4. The molecule has 0 bridgehead atoms. The third kappa shape index (κ3) is 5.83. The van der Waals surface area contributed by atoms with Crippen molar-refractivity contribution in [2.75, 3.05) is 0 Å². The maximum Gasteiger partial charge on any atom is 0.164 e. The van der Waals surface area contributed by atoms with Gasteiger partial charge in [0, 0.05) is 33.0 Å². The molecule has 0 aliphatic carbocycles. The van der Waals surface area contributed by atoms with Crippen molar-refractivity contribution in [3.05, 3.63) is 206 Å². The highest BCUT2D eigenvalue weighted by molar-refractivity contribution is 6.14. The molecule has 2 heterocycles. The van der Waals surface area contributed by atoms with Gasteiger partial charge in [-0.1, -0.05) is 170 Å². The monoisotopic (exact) mass is 726 g/mol. The van der Waals surface area contributed by atoms with Crippen LogP contribution in [-0.2, 0) is 0 Å². The van der Waals surface area contributed by atoms with E-state index in [1.165, 1.54) is 49.1 Å². The van der Waals surface area contributed by atoms with Crippen molar-refractivity contribution < 1.29 is 0 Å². The van der Waals surface area contributed by atoms with Gasteiger partial charge in [0.25, 0.3) is 0 Å². The lowest BCUT2D eigenvalue weighted by atomic mass is 10.00. The lowest BCUT2D eigenvalue weighted by Crippen LogP contribution is -2.00. The van der Waals surface area contributed by atoms with Gasteiger partial charge in [0.1, 0.15) is 0 Å². The number of para-hydroxylation sites is 2. The fourth-order valence-electron chi connectivity index (χ4n) is 8.17. The molecule has 0 aliphatic heterocycles. The number of rotatable bonds is 6. The smallest absolute Gasteiger partial charge is 0.164 e. The van der Waals surface area contributed by atoms with Crippen LogP contribution in [0.25, 0.3) is 105 Å². The molecule has 4 heteroatoms. The van der Waals surface area contributed by atoms with Crippen molar-refractivity contribution in [3.8, 4) is 62.1 Å². The van der Waals surface area contributed by atoms with Gasteiger partial charge in [-0.05, 0) is 74.6 Å². The molecule has 0 atom stereocenters. The van der Waals surface area contributed by atoms with Crippen LogP contribution < -0.4 is 0 Å². The zero-order chi connectivity index (χ0) is 37.7. The quantitative estimate of drug-likeness (QED) is 0.171. The lowest BCUT2D eigenvalue weighted by Gasteiger charge is -2.15. The largest absolute Gasteiger partial charge is 0.309 e. The molecule has 0 amide bonds. The van der Waals surface area contributed by atoms with E-state index in [2.05, 4.69) is 174 Å². The maximum atomic E-state index is 5.10. The van der Waals surface area contributed by atoms with Crippen LogP contribution in [0.4, 0.5) is 0 Å². The summed E-state index contributed by atoms with van der Waals surface area (Å²) in [5.74, 6) is 1.91. The van der Waals surface area contributed by atoms with Crippen LogP contribution in [0.2, 0.25) is 0 Å². The van der Waals surface area contributed by atoms with Crippen molar-refractivity contribution in [1.82, 2.24) is 19.5 Å². The molecule has 57 heavy (non-hydrogen) atoms. The van der Waals surface area contributed by atoms with Crippen LogP contribution in [-0.4, -0.2) is 19.5 Å². The van der Waals surface area contributed by atoms with E-state index in [4.69, 9.17) is 15.0 Å². The Hall–Kier alpha value is -7.69. The average Bonchev–Trinajstić information content (AvgIpc) is 3.61. The SMILES string of the molecule is c1ccc(-c2ccc3cc(-c4nc(-c5ccccc5)nc(-c5ccc(-c6ccccc6-n6c7ccccc7c7cc8ccccc8cc76)cc5)n4)ccc3c2)cc1. The number of hydrogen-bond acceptors (Lipinski definition) is 3. The molecule has 0 N–H and O–H groups in total. The van der Waals surface area contributed by atoms with E-state index in [1.807, 2.05) is 36.4 Å². The normalized spacial score (nSPS) is 11.5. The predicted octanol–water partition coefficient (Wildman–Crippen LogP) is 13.6. The summed E-state index contributed by atoms with van der Waals surface area (Å²) in [5, 5.41) is 7.26. The molecule has 0 radical (unpaired) electrons. The van der Waals surface area contributed by atoms with E-state index in [1.54, 1.807) is 0 Å². The molecule has 4 nitrogen and oxygen atoms in total. The number of benzene rings is 9. The third-order valence-corrected chi connectivity index (χ3v) is 11.0. The van der Waals surface area contributed by atoms with E-state index in [0.29, 0.717) is 17.5 Å². The van der Waals surface area contributed by atoms with Gasteiger partial charge in [0.05, 0.1) is 16.7 Å². The highest BCUT2D eigenvalue weighted by atomic mass is 15.0. The molecule has 2 aromatic heterocycles. The lowest BCUT2D eigenvalue weighted by molar-refractivity contribution is 1.07. The van der Waals surface area contributed by atoms with Crippen molar-refractivity contribution >= 4 is 43.4 Å². The summed E-state index contributed by atoms with van der Waals surface area (Å²) >= 11 is 0. The minimum absolute atomic E-state index is 0.632. The molecule has 0 saturated carbocycles. The summed E-state index contributed by atoms with van der Waals surface area (Å²) in [6.07, 6.45) is 0. The first kappa shape index (κ1) is 32.7. The Labute approximate surface area is 330 Å². The second kappa shape index (κ2) is 13.6. The first-order valence-electron chi connectivity index (χ1n) is 19.3. The van der Waals surface area contributed by atoms with Gasteiger partial charge in [0.2, 0.25) is 0 Å². The average molecular weight is 727 g/mol. The molecule has 9 aromatic carbocycles. The molecule has 266 valence electrons. The molecule has 0 unspecified atom stereocenters. The third-order valence-electron chi connectivity index (χ3n) is 11.0. The Morgan fingerprint density at radius 2 is 0.772 bits per heavy atom. The number of hydrogen-bond donors (Lipinski definition) is 0. The van der Waals surface area contributed by atoms with Crippen molar-refractivity contribution in [3.63, 3.8) is 0 Å². The highest BCUT2D eigenvalue weighted by Gasteiger charge is 2.17. The molecular formula is C53H34N4. The highest BCUT2D eigenvalue weighted by Crippen LogP contribution is 2.38. The molecular weight excluding hydrogens is 693 g/mol. The van der Waals surface area contributed by atoms with Crippen LogP contribution in [0.15, 0.2) is 206 Å². The van der Waals surface area contributed by atoms with E-state index >= 15 is 0 Å². The first-order chi connectivity index (χ1) is 28.2.